The molecule has 7 heteroatoms. The van der Waals surface area contributed by atoms with Crippen LogP contribution in [0.2, 0.25) is 0 Å². The van der Waals surface area contributed by atoms with Crippen molar-refractivity contribution in [1.29, 1.82) is 0 Å². The second-order valence-corrected chi connectivity index (χ2v) is 8.39. The van der Waals surface area contributed by atoms with Crippen molar-refractivity contribution in [2.45, 2.75) is 32.9 Å². The standard InChI is InChI=1S/C19H23BrN2O4/c1-19(2,3)26-18(24)22-8-6-21(7-9-22)12-13-10-17(23)25-16-11-14(20)4-5-15(13)16/h4-5,10-11H,6-9,12H2,1-3H3. The van der Waals surface area contributed by atoms with Crippen molar-refractivity contribution >= 4 is 33.0 Å². The average molecular weight is 423 g/mol. The van der Waals surface area contributed by atoms with Crippen molar-refractivity contribution in [2.75, 3.05) is 26.2 Å². The van der Waals surface area contributed by atoms with E-state index >= 15 is 0 Å². The lowest BCUT2D eigenvalue weighted by Gasteiger charge is -2.35. The summed E-state index contributed by atoms with van der Waals surface area (Å²) in [5, 5.41) is 0.933. The Labute approximate surface area is 160 Å². The lowest BCUT2D eigenvalue weighted by Crippen LogP contribution is -2.49. The van der Waals surface area contributed by atoms with Gasteiger partial charge in [-0.3, -0.25) is 4.90 Å². The normalized spacial score (nSPS) is 16.1. The monoisotopic (exact) mass is 422 g/mol. The summed E-state index contributed by atoms with van der Waals surface area (Å²) >= 11 is 3.40. The van der Waals surface area contributed by atoms with E-state index in [4.69, 9.17) is 9.15 Å². The molecule has 0 saturated carbocycles. The predicted octanol–water partition coefficient (Wildman–Crippen LogP) is 3.61. The largest absolute Gasteiger partial charge is 0.444 e. The van der Waals surface area contributed by atoms with Crippen LogP contribution in [0.25, 0.3) is 11.0 Å². The molecule has 6 nitrogen and oxygen atoms in total. The van der Waals surface area contributed by atoms with Crippen LogP contribution in [0.3, 0.4) is 0 Å². The quantitative estimate of drug-likeness (QED) is 0.691. The second-order valence-electron chi connectivity index (χ2n) is 7.47. The molecule has 140 valence electrons. The topological polar surface area (TPSA) is 63.0 Å². The number of carbonyl (C=O) groups excluding carboxylic acids is 1. The molecule has 2 heterocycles. The Morgan fingerprint density at radius 2 is 1.88 bits per heavy atom. The van der Waals surface area contributed by atoms with Gasteiger partial charge >= 0.3 is 11.7 Å². The van der Waals surface area contributed by atoms with E-state index in [9.17, 15) is 9.59 Å². The fourth-order valence-electron chi connectivity index (χ4n) is 2.99. The van der Waals surface area contributed by atoms with Crippen molar-refractivity contribution in [3.8, 4) is 0 Å². The molecule has 0 unspecified atom stereocenters. The minimum Gasteiger partial charge on any atom is -0.444 e. The molecule has 0 spiro atoms. The zero-order chi connectivity index (χ0) is 18.9. The van der Waals surface area contributed by atoms with E-state index in [-0.39, 0.29) is 11.7 Å². The van der Waals surface area contributed by atoms with Crippen LogP contribution in [0.1, 0.15) is 26.3 Å². The summed E-state index contributed by atoms with van der Waals surface area (Å²) in [6.45, 7) is 8.93. The van der Waals surface area contributed by atoms with Gasteiger partial charge in [-0.05, 0) is 44.5 Å². The first kappa shape index (κ1) is 18.9. The van der Waals surface area contributed by atoms with Gasteiger partial charge in [0.2, 0.25) is 0 Å². The van der Waals surface area contributed by atoms with E-state index < -0.39 is 5.60 Å². The number of nitrogens with zero attached hydrogens (tertiary/aromatic N) is 2. The fourth-order valence-corrected chi connectivity index (χ4v) is 3.33. The first-order valence-electron chi connectivity index (χ1n) is 8.64. The third kappa shape index (κ3) is 4.65. The highest BCUT2D eigenvalue weighted by Crippen LogP contribution is 2.23. The lowest BCUT2D eigenvalue weighted by atomic mass is 10.1. The third-order valence-electron chi connectivity index (χ3n) is 4.21. The van der Waals surface area contributed by atoms with Crippen molar-refractivity contribution in [3.05, 3.63) is 44.7 Å². The van der Waals surface area contributed by atoms with Gasteiger partial charge in [0.1, 0.15) is 11.2 Å². The van der Waals surface area contributed by atoms with Gasteiger partial charge in [-0.15, -0.1) is 0 Å². The maximum absolute atomic E-state index is 12.2. The predicted molar refractivity (Wildman–Crippen MR) is 103 cm³/mol. The van der Waals surface area contributed by atoms with Crippen molar-refractivity contribution in [3.63, 3.8) is 0 Å². The maximum Gasteiger partial charge on any atom is 0.410 e. The molecule has 1 aromatic carbocycles. The number of ether oxygens (including phenoxy) is 1. The zero-order valence-corrected chi connectivity index (χ0v) is 16.8. The van der Waals surface area contributed by atoms with Crippen LogP contribution in [0.15, 0.2) is 37.9 Å². The molecule has 1 fully saturated rings. The van der Waals surface area contributed by atoms with Crippen LogP contribution in [-0.4, -0.2) is 47.7 Å². The summed E-state index contributed by atoms with van der Waals surface area (Å²) < 4.78 is 11.6. The van der Waals surface area contributed by atoms with Gasteiger partial charge < -0.3 is 14.1 Å². The number of hydrogen-bond acceptors (Lipinski definition) is 5. The minimum absolute atomic E-state index is 0.271. The number of carbonyl (C=O) groups is 1. The Morgan fingerprint density at radius 3 is 2.54 bits per heavy atom. The Kier molecular flexibility index (Phi) is 5.39. The van der Waals surface area contributed by atoms with Crippen LogP contribution < -0.4 is 5.63 Å². The third-order valence-corrected chi connectivity index (χ3v) is 4.70. The number of benzene rings is 1. The van der Waals surface area contributed by atoms with E-state index in [0.29, 0.717) is 25.2 Å². The van der Waals surface area contributed by atoms with Crippen molar-refractivity contribution in [2.24, 2.45) is 0 Å². The Balaban J connectivity index is 1.68. The molecule has 0 bridgehead atoms. The molecule has 26 heavy (non-hydrogen) atoms. The zero-order valence-electron chi connectivity index (χ0n) is 15.3. The number of rotatable bonds is 2. The highest BCUT2D eigenvalue weighted by Gasteiger charge is 2.26. The van der Waals surface area contributed by atoms with Gasteiger partial charge in [0.15, 0.2) is 0 Å². The molecular weight excluding hydrogens is 400 g/mol. The van der Waals surface area contributed by atoms with E-state index in [1.54, 1.807) is 17.0 Å². The lowest BCUT2D eigenvalue weighted by molar-refractivity contribution is 0.0139. The summed E-state index contributed by atoms with van der Waals surface area (Å²) in [4.78, 5) is 28.0. The summed E-state index contributed by atoms with van der Waals surface area (Å²) in [5.41, 5.74) is 0.682. The van der Waals surface area contributed by atoms with Gasteiger partial charge in [0.25, 0.3) is 0 Å². The Morgan fingerprint density at radius 1 is 1.19 bits per heavy atom. The number of halogens is 1. The fraction of sp³-hybridized carbons (Fsp3) is 0.474. The van der Waals surface area contributed by atoms with Gasteiger partial charge in [-0.25, -0.2) is 9.59 Å². The molecule has 2 aromatic rings. The molecule has 3 rings (SSSR count). The number of amides is 1. The average Bonchev–Trinajstić information content (AvgIpc) is 2.53. The summed E-state index contributed by atoms with van der Waals surface area (Å²) in [7, 11) is 0. The van der Waals surface area contributed by atoms with Gasteiger partial charge in [0.05, 0.1) is 0 Å². The van der Waals surface area contributed by atoms with Gasteiger partial charge in [-0.1, -0.05) is 15.9 Å². The van der Waals surface area contributed by atoms with E-state index in [0.717, 1.165) is 28.5 Å². The molecule has 0 radical (unpaired) electrons. The smallest absolute Gasteiger partial charge is 0.410 e. The second kappa shape index (κ2) is 7.40. The number of piperazine rings is 1. The van der Waals surface area contributed by atoms with E-state index in [2.05, 4.69) is 20.8 Å². The molecule has 1 saturated heterocycles. The maximum atomic E-state index is 12.2. The van der Waals surface area contributed by atoms with Gasteiger partial charge in [0, 0.05) is 48.6 Å². The van der Waals surface area contributed by atoms with Crippen molar-refractivity contribution in [1.82, 2.24) is 9.80 Å². The minimum atomic E-state index is -0.487. The molecule has 0 N–H and O–H groups in total. The van der Waals surface area contributed by atoms with Crippen LogP contribution in [0.5, 0.6) is 0 Å². The van der Waals surface area contributed by atoms with Crippen LogP contribution in [-0.2, 0) is 11.3 Å². The molecule has 0 atom stereocenters. The Hall–Kier alpha value is -1.86. The highest BCUT2D eigenvalue weighted by molar-refractivity contribution is 9.10. The number of fused-ring (bicyclic) bond motifs is 1. The molecule has 0 aliphatic carbocycles. The first-order valence-corrected chi connectivity index (χ1v) is 9.43. The molecule has 1 amide bonds. The molecule has 1 aliphatic heterocycles. The number of hydrogen-bond donors (Lipinski definition) is 0. The van der Waals surface area contributed by atoms with Crippen LogP contribution in [0.4, 0.5) is 4.79 Å². The summed E-state index contributed by atoms with van der Waals surface area (Å²) in [5.74, 6) is 0. The molecule has 1 aliphatic rings. The van der Waals surface area contributed by atoms with Gasteiger partial charge in [-0.2, -0.15) is 0 Å². The van der Waals surface area contributed by atoms with E-state index in [1.165, 1.54) is 0 Å². The summed E-state index contributed by atoms with van der Waals surface area (Å²) in [6.07, 6.45) is -0.271. The van der Waals surface area contributed by atoms with Crippen LogP contribution >= 0.6 is 15.9 Å². The van der Waals surface area contributed by atoms with E-state index in [1.807, 2.05) is 32.9 Å². The summed E-state index contributed by atoms with van der Waals surface area (Å²) in [6, 6.07) is 7.25. The Bertz CT molecular complexity index is 864. The molecule has 1 aromatic heterocycles. The molecular formula is C19H23BrN2O4. The first-order chi connectivity index (χ1) is 12.2. The SMILES string of the molecule is CC(C)(C)OC(=O)N1CCN(Cc2cc(=O)oc3cc(Br)ccc23)CC1. The van der Waals surface area contributed by atoms with Crippen LogP contribution in [0, 0.1) is 0 Å². The van der Waals surface area contributed by atoms with Crippen molar-refractivity contribution < 1.29 is 13.9 Å². The highest BCUT2D eigenvalue weighted by atomic mass is 79.9.